The number of alkyl halides is 1. The molecule has 2 nitrogen and oxygen atoms in total. The van der Waals surface area contributed by atoms with E-state index in [0.29, 0.717) is 0 Å². The fourth-order valence-corrected chi connectivity index (χ4v) is 3.45. The maximum Gasteiger partial charge on any atom is 0.0521 e. The molecule has 2 atom stereocenters. The van der Waals surface area contributed by atoms with Gasteiger partial charge in [-0.1, -0.05) is 35.2 Å². The summed E-state index contributed by atoms with van der Waals surface area (Å²) in [6.07, 6.45) is 12.3. The second-order valence-corrected chi connectivity index (χ2v) is 6.19. The van der Waals surface area contributed by atoms with Crippen LogP contribution in [0.1, 0.15) is 44.6 Å². The number of halogens is 1. The predicted molar refractivity (Wildman–Crippen MR) is 70.9 cm³/mol. The highest BCUT2D eigenvalue weighted by Gasteiger charge is 2.18. The number of hydrogen-bond donors (Lipinski definition) is 0. The van der Waals surface area contributed by atoms with Crippen LogP contribution in [0.3, 0.4) is 0 Å². The number of aryl methyl sites for hydroxylation is 1. The van der Waals surface area contributed by atoms with Crippen LogP contribution < -0.4 is 0 Å². The van der Waals surface area contributed by atoms with E-state index in [9.17, 15) is 0 Å². The van der Waals surface area contributed by atoms with Gasteiger partial charge in [-0.05, 0) is 37.7 Å². The molecule has 0 saturated heterocycles. The first-order valence-electron chi connectivity index (χ1n) is 6.43. The van der Waals surface area contributed by atoms with E-state index in [0.717, 1.165) is 17.3 Å². The SMILES string of the molecule is CCn1cc(CC2CCCCC(Br)C2)cn1. The molecular formula is C13H21BrN2. The Kier molecular flexibility index (Phi) is 4.45. The molecule has 90 valence electrons. The minimum atomic E-state index is 0.737. The highest BCUT2D eigenvalue weighted by Crippen LogP contribution is 2.29. The number of rotatable bonds is 3. The zero-order valence-corrected chi connectivity index (χ0v) is 11.6. The third-order valence-electron chi connectivity index (χ3n) is 3.50. The second-order valence-electron chi connectivity index (χ2n) is 4.89. The Hall–Kier alpha value is -0.310. The maximum absolute atomic E-state index is 4.35. The van der Waals surface area contributed by atoms with Crippen molar-refractivity contribution in [1.29, 1.82) is 0 Å². The lowest BCUT2D eigenvalue weighted by atomic mass is 9.94. The monoisotopic (exact) mass is 284 g/mol. The molecule has 0 N–H and O–H groups in total. The van der Waals surface area contributed by atoms with E-state index in [-0.39, 0.29) is 0 Å². The molecule has 0 aliphatic heterocycles. The molecule has 1 heterocycles. The standard InChI is InChI=1S/C13H21BrN2/c1-2-16-10-12(9-15-16)7-11-5-3-4-6-13(14)8-11/h9-11,13H,2-8H2,1H3. The van der Waals surface area contributed by atoms with Crippen LogP contribution in [-0.4, -0.2) is 14.6 Å². The maximum atomic E-state index is 4.35. The normalized spacial score (nSPS) is 26.6. The summed E-state index contributed by atoms with van der Waals surface area (Å²) in [4.78, 5) is 0.737. The molecular weight excluding hydrogens is 264 g/mol. The Balaban J connectivity index is 1.92. The third kappa shape index (κ3) is 3.34. The molecule has 1 aliphatic carbocycles. The highest BCUT2D eigenvalue weighted by atomic mass is 79.9. The lowest BCUT2D eigenvalue weighted by molar-refractivity contribution is 0.463. The van der Waals surface area contributed by atoms with E-state index >= 15 is 0 Å². The molecule has 0 amide bonds. The van der Waals surface area contributed by atoms with Gasteiger partial charge in [0, 0.05) is 17.6 Å². The van der Waals surface area contributed by atoms with Crippen LogP contribution in [-0.2, 0) is 13.0 Å². The zero-order valence-electron chi connectivity index (χ0n) is 10.0. The lowest BCUT2D eigenvalue weighted by Gasteiger charge is -2.14. The summed E-state index contributed by atoms with van der Waals surface area (Å²) in [5, 5.41) is 4.35. The van der Waals surface area contributed by atoms with Crippen molar-refractivity contribution in [3.63, 3.8) is 0 Å². The minimum absolute atomic E-state index is 0.737. The van der Waals surface area contributed by atoms with E-state index in [1.165, 1.54) is 44.1 Å². The summed E-state index contributed by atoms with van der Waals surface area (Å²) >= 11 is 3.79. The Bertz CT molecular complexity index is 321. The van der Waals surface area contributed by atoms with E-state index in [2.05, 4.69) is 34.1 Å². The molecule has 0 spiro atoms. The summed E-state index contributed by atoms with van der Waals surface area (Å²) < 4.78 is 2.03. The Morgan fingerprint density at radius 3 is 3.00 bits per heavy atom. The molecule has 16 heavy (non-hydrogen) atoms. The van der Waals surface area contributed by atoms with Gasteiger partial charge in [0.2, 0.25) is 0 Å². The Labute approximate surface area is 107 Å². The summed E-state index contributed by atoms with van der Waals surface area (Å²) in [5.41, 5.74) is 1.41. The largest absolute Gasteiger partial charge is 0.273 e. The summed E-state index contributed by atoms with van der Waals surface area (Å²) in [6.45, 7) is 3.11. The highest BCUT2D eigenvalue weighted by molar-refractivity contribution is 9.09. The van der Waals surface area contributed by atoms with E-state index in [1.807, 2.05) is 10.9 Å². The van der Waals surface area contributed by atoms with Crippen LogP contribution in [0.4, 0.5) is 0 Å². The molecule has 0 bridgehead atoms. The second kappa shape index (κ2) is 5.85. The summed E-state index contributed by atoms with van der Waals surface area (Å²) in [6, 6.07) is 0. The van der Waals surface area contributed by atoms with Gasteiger partial charge in [0.05, 0.1) is 6.20 Å². The van der Waals surface area contributed by atoms with Crippen molar-refractivity contribution in [3.8, 4) is 0 Å². The summed E-state index contributed by atoms with van der Waals surface area (Å²) in [5.74, 6) is 0.849. The van der Waals surface area contributed by atoms with Gasteiger partial charge in [0.1, 0.15) is 0 Å². The molecule has 0 aromatic carbocycles. The van der Waals surface area contributed by atoms with Gasteiger partial charge in [0.15, 0.2) is 0 Å². The molecule has 2 rings (SSSR count). The van der Waals surface area contributed by atoms with Gasteiger partial charge < -0.3 is 0 Å². The number of aromatic nitrogens is 2. The molecule has 3 heteroatoms. The minimum Gasteiger partial charge on any atom is -0.273 e. The first kappa shape index (κ1) is 12.2. The van der Waals surface area contributed by atoms with Gasteiger partial charge in [0.25, 0.3) is 0 Å². The fourth-order valence-electron chi connectivity index (χ4n) is 2.60. The van der Waals surface area contributed by atoms with Crippen LogP contribution in [0.15, 0.2) is 12.4 Å². The molecule has 1 fully saturated rings. The van der Waals surface area contributed by atoms with Gasteiger partial charge >= 0.3 is 0 Å². The smallest absolute Gasteiger partial charge is 0.0521 e. The van der Waals surface area contributed by atoms with Crippen LogP contribution in [0.5, 0.6) is 0 Å². The van der Waals surface area contributed by atoms with Crippen LogP contribution in [0, 0.1) is 5.92 Å². The van der Waals surface area contributed by atoms with Crippen molar-refractivity contribution in [2.45, 2.75) is 56.8 Å². The van der Waals surface area contributed by atoms with Crippen molar-refractivity contribution in [3.05, 3.63) is 18.0 Å². The van der Waals surface area contributed by atoms with Crippen molar-refractivity contribution in [1.82, 2.24) is 9.78 Å². The fraction of sp³-hybridized carbons (Fsp3) is 0.769. The molecule has 1 saturated carbocycles. The van der Waals surface area contributed by atoms with Crippen molar-refractivity contribution < 1.29 is 0 Å². The zero-order chi connectivity index (χ0) is 11.4. The topological polar surface area (TPSA) is 17.8 Å². The molecule has 2 unspecified atom stereocenters. The molecule has 1 aromatic rings. The molecule has 0 radical (unpaired) electrons. The van der Waals surface area contributed by atoms with Gasteiger partial charge in [-0.2, -0.15) is 5.10 Å². The van der Waals surface area contributed by atoms with E-state index < -0.39 is 0 Å². The van der Waals surface area contributed by atoms with Crippen molar-refractivity contribution in [2.24, 2.45) is 5.92 Å². The van der Waals surface area contributed by atoms with Crippen LogP contribution >= 0.6 is 15.9 Å². The Morgan fingerprint density at radius 1 is 1.44 bits per heavy atom. The molecule has 1 aromatic heterocycles. The van der Waals surface area contributed by atoms with Crippen LogP contribution in [0.25, 0.3) is 0 Å². The van der Waals surface area contributed by atoms with Crippen molar-refractivity contribution in [2.75, 3.05) is 0 Å². The van der Waals surface area contributed by atoms with E-state index in [4.69, 9.17) is 0 Å². The Morgan fingerprint density at radius 2 is 2.25 bits per heavy atom. The first-order valence-corrected chi connectivity index (χ1v) is 7.35. The van der Waals surface area contributed by atoms with E-state index in [1.54, 1.807) is 0 Å². The third-order valence-corrected chi connectivity index (χ3v) is 4.34. The quantitative estimate of drug-likeness (QED) is 0.610. The van der Waals surface area contributed by atoms with Gasteiger partial charge in [-0.25, -0.2) is 0 Å². The number of hydrogen-bond acceptors (Lipinski definition) is 1. The first-order chi connectivity index (χ1) is 7.78. The lowest BCUT2D eigenvalue weighted by Crippen LogP contribution is -2.08. The van der Waals surface area contributed by atoms with Crippen molar-refractivity contribution >= 4 is 15.9 Å². The molecule has 1 aliphatic rings. The number of nitrogens with zero attached hydrogens (tertiary/aromatic N) is 2. The van der Waals surface area contributed by atoms with Gasteiger partial charge in [-0.15, -0.1) is 0 Å². The van der Waals surface area contributed by atoms with Crippen LogP contribution in [0.2, 0.25) is 0 Å². The predicted octanol–water partition coefficient (Wildman–Crippen LogP) is 3.79. The average Bonchev–Trinajstić information content (AvgIpc) is 2.62. The van der Waals surface area contributed by atoms with Gasteiger partial charge in [-0.3, -0.25) is 4.68 Å². The average molecular weight is 285 g/mol. The summed E-state index contributed by atoms with van der Waals surface area (Å²) in [7, 11) is 0.